The van der Waals surface area contributed by atoms with Crippen molar-refractivity contribution in [1.82, 2.24) is 4.90 Å². The van der Waals surface area contributed by atoms with Crippen molar-refractivity contribution in [3.63, 3.8) is 0 Å². The minimum absolute atomic E-state index is 0.669. The lowest BCUT2D eigenvalue weighted by molar-refractivity contribution is 0.107. The van der Waals surface area contributed by atoms with Gasteiger partial charge in [-0.3, -0.25) is 4.90 Å². The van der Waals surface area contributed by atoms with Gasteiger partial charge in [0, 0.05) is 18.7 Å². The predicted octanol–water partition coefficient (Wildman–Crippen LogP) is 2.33. The Balaban J connectivity index is 2.20. The molecule has 0 saturated heterocycles. The Morgan fingerprint density at radius 2 is 2.43 bits per heavy atom. The molecular weight excluding hydrogens is 174 g/mol. The molecule has 1 heterocycles. The smallest absolute Gasteiger partial charge is 0.142 e. The van der Waals surface area contributed by atoms with E-state index in [-0.39, 0.29) is 0 Å². The lowest BCUT2D eigenvalue weighted by Gasteiger charge is -2.28. The van der Waals surface area contributed by atoms with Crippen LogP contribution in [-0.2, 0) is 6.54 Å². The normalized spacial score (nSPS) is 15.8. The van der Waals surface area contributed by atoms with Crippen LogP contribution >= 0.6 is 0 Å². The van der Waals surface area contributed by atoms with Crippen LogP contribution in [-0.4, -0.2) is 18.2 Å². The summed E-state index contributed by atoms with van der Waals surface area (Å²) in [6.45, 7) is 8.35. The van der Waals surface area contributed by atoms with E-state index in [1.807, 2.05) is 6.08 Å². The fraction of sp³-hybridized carbons (Fsp3) is 0.333. The second-order valence-electron chi connectivity index (χ2n) is 3.68. The zero-order valence-corrected chi connectivity index (χ0v) is 8.49. The molecule has 0 fully saturated rings. The van der Waals surface area contributed by atoms with E-state index in [0.29, 0.717) is 6.73 Å². The Bertz CT molecular complexity index is 346. The highest BCUT2D eigenvalue weighted by atomic mass is 16.5. The molecule has 74 valence electrons. The van der Waals surface area contributed by atoms with Crippen molar-refractivity contribution in [2.24, 2.45) is 0 Å². The topological polar surface area (TPSA) is 12.5 Å². The Hall–Kier alpha value is -1.28. The summed E-state index contributed by atoms with van der Waals surface area (Å²) >= 11 is 0. The van der Waals surface area contributed by atoms with Gasteiger partial charge in [0.25, 0.3) is 0 Å². The molecule has 2 nitrogen and oxygen atoms in total. The molecule has 1 aliphatic rings. The number of benzene rings is 1. The van der Waals surface area contributed by atoms with Gasteiger partial charge in [-0.2, -0.15) is 0 Å². The van der Waals surface area contributed by atoms with Gasteiger partial charge in [-0.15, -0.1) is 6.58 Å². The van der Waals surface area contributed by atoms with Gasteiger partial charge in [0.1, 0.15) is 12.5 Å². The van der Waals surface area contributed by atoms with Crippen molar-refractivity contribution in [3.05, 3.63) is 42.0 Å². The largest absolute Gasteiger partial charge is 0.478 e. The van der Waals surface area contributed by atoms with Gasteiger partial charge in [-0.05, 0) is 13.0 Å². The Labute approximate surface area is 84.8 Å². The average molecular weight is 189 g/mol. The van der Waals surface area contributed by atoms with Gasteiger partial charge in [0.15, 0.2) is 0 Å². The van der Waals surface area contributed by atoms with Gasteiger partial charge < -0.3 is 4.74 Å². The summed E-state index contributed by atoms with van der Waals surface area (Å²) in [6, 6.07) is 6.32. The monoisotopic (exact) mass is 189 g/mol. The first kappa shape index (κ1) is 9.28. The molecule has 0 spiro atoms. The van der Waals surface area contributed by atoms with Crippen LogP contribution in [0.4, 0.5) is 0 Å². The maximum absolute atomic E-state index is 5.62. The molecule has 14 heavy (non-hydrogen) atoms. The fourth-order valence-electron chi connectivity index (χ4n) is 1.72. The van der Waals surface area contributed by atoms with Gasteiger partial charge in [-0.1, -0.05) is 23.8 Å². The van der Waals surface area contributed by atoms with E-state index < -0.39 is 0 Å². The summed E-state index contributed by atoms with van der Waals surface area (Å²) in [7, 11) is 0. The van der Waals surface area contributed by atoms with Crippen molar-refractivity contribution in [3.8, 4) is 5.75 Å². The maximum Gasteiger partial charge on any atom is 0.142 e. The quantitative estimate of drug-likeness (QED) is 0.662. The SMILES string of the molecule is C=CCN1COc2ccc(C)cc2C1. The van der Waals surface area contributed by atoms with Crippen molar-refractivity contribution < 1.29 is 4.74 Å². The second-order valence-corrected chi connectivity index (χ2v) is 3.68. The van der Waals surface area contributed by atoms with E-state index in [2.05, 4.69) is 36.6 Å². The Morgan fingerprint density at radius 3 is 3.21 bits per heavy atom. The van der Waals surface area contributed by atoms with Gasteiger partial charge in [0.05, 0.1) is 0 Å². The third kappa shape index (κ3) is 1.80. The Kier molecular flexibility index (Phi) is 2.55. The lowest BCUT2D eigenvalue weighted by atomic mass is 10.1. The zero-order valence-electron chi connectivity index (χ0n) is 8.49. The van der Waals surface area contributed by atoms with Crippen molar-refractivity contribution in [1.29, 1.82) is 0 Å². The summed E-state index contributed by atoms with van der Waals surface area (Å²) in [4.78, 5) is 2.22. The van der Waals surface area contributed by atoms with E-state index >= 15 is 0 Å². The van der Waals surface area contributed by atoms with Crippen LogP contribution in [0.1, 0.15) is 11.1 Å². The summed E-state index contributed by atoms with van der Waals surface area (Å²) in [5, 5.41) is 0. The minimum Gasteiger partial charge on any atom is -0.478 e. The molecule has 0 bridgehead atoms. The molecule has 2 rings (SSSR count). The van der Waals surface area contributed by atoms with E-state index in [0.717, 1.165) is 18.8 Å². The van der Waals surface area contributed by atoms with Gasteiger partial charge >= 0.3 is 0 Å². The Morgan fingerprint density at radius 1 is 1.57 bits per heavy atom. The van der Waals surface area contributed by atoms with Crippen molar-refractivity contribution in [2.45, 2.75) is 13.5 Å². The van der Waals surface area contributed by atoms with E-state index in [1.165, 1.54) is 11.1 Å². The van der Waals surface area contributed by atoms with Gasteiger partial charge in [-0.25, -0.2) is 0 Å². The number of aryl methyl sites for hydroxylation is 1. The molecule has 0 saturated carbocycles. The zero-order chi connectivity index (χ0) is 9.97. The number of rotatable bonds is 2. The van der Waals surface area contributed by atoms with Crippen LogP contribution in [0.15, 0.2) is 30.9 Å². The summed E-state index contributed by atoms with van der Waals surface area (Å²) in [6.07, 6.45) is 1.91. The molecule has 0 atom stereocenters. The molecule has 0 amide bonds. The van der Waals surface area contributed by atoms with Crippen LogP contribution in [0.2, 0.25) is 0 Å². The van der Waals surface area contributed by atoms with Crippen LogP contribution in [0.25, 0.3) is 0 Å². The predicted molar refractivity (Wildman–Crippen MR) is 57.3 cm³/mol. The fourth-order valence-corrected chi connectivity index (χ4v) is 1.72. The number of hydrogen-bond donors (Lipinski definition) is 0. The van der Waals surface area contributed by atoms with Crippen LogP contribution in [0.5, 0.6) is 5.75 Å². The molecular formula is C12H15NO. The molecule has 0 aromatic heterocycles. The molecule has 0 unspecified atom stereocenters. The molecule has 0 radical (unpaired) electrons. The summed E-state index contributed by atoms with van der Waals surface area (Å²) in [5.74, 6) is 1.02. The van der Waals surface area contributed by atoms with Crippen LogP contribution in [0.3, 0.4) is 0 Å². The van der Waals surface area contributed by atoms with E-state index in [9.17, 15) is 0 Å². The second kappa shape index (κ2) is 3.84. The highest BCUT2D eigenvalue weighted by Crippen LogP contribution is 2.25. The average Bonchev–Trinajstić information content (AvgIpc) is 2.17. The minimum atomic E-state index is 0.669. The summed E-state index contributed by atoms with van der Waals surface area (Å²) in [5.41, 5.74) is 2.56. The standard InChI is InChI=1S/C12H15NO/c1-3-6-13-8-11-7-10(2)4-5-12(11)14-9-13/h3-5,7H,1,6,8-9H2,2H3. The molecule has 1 aromatic rings. The number of hydrogen-bond acceptors (Lipinski definition) is 2. The van der Waals surface area contributed by atoms with Crippen LogP contribution < -0.4 is 4.74 Å². The van der Waals surface area contributed by atoms with E-state index in [4.69, 9.17) is 4.74 Å². The highest BCUT2D eigenvalue weighted by molar-refractivity contribution is 5.37. The molecule has 0 N–H and O–H groups in total. The van der Waals surface area contributed by atoms with Gasteiger partial charge in [0.2, 0.25) is 0 Å². The van der Waals surface area contributed by atoms with E-state index in [1.54, 1.807) is 0 Å². The third-order valence-electron chi connectivity index (χ3n) is 2.40. The first-order chi connectivity index (χ1) is 6.79. The third-order valence-corrected chi connectivity index (χ3v) is 2.40. The first-order valence-electron chi connectivity index (χ1n) is 4.85. The molecule has 2 heteroatoms. The van der Waals surface area contributed by atoms with Crippen molar-refractivity contribution in [2.75, 3.05) is 13.3 Å². The van der Waals surface area contributed by atoms with Crippen LogP contribution in [0, 0.1) is 6.92 Å². The van der Waals surface area contributed by atoms with Crippen molar-refractivity contribution >= 4 is 0 Å². The molecule has 1 aliphatic heterocycles. The maximum atomic E-state index is 5.62. The number of ether oxygens (including phenoxy) is 1. The highest BCUT2D eigenvalue weighted by Gasteiger charge is 2.15. The molecule has 1 aromatic carbocycles. The first-order valence-corrected chi connectivity index (χ1v) is 4.85. The lowest BCUT2D eigenvalue weighted by Crippen LogP contribution is -2.31. The molecule has 0 aliphatic carbocycles. The number of nitrogens with zero attached hydrogens (tertiary/aromatic N) is 1. The number of fused-ring (bicyclic) bond motifs is 1. The summed E-state index contributed by atoms with van der Waals surface area (Å²) < 4.78 is 5.62.